The van der Waals surface area contributed by atoms with Gasteiger partial charge in [0.05, 0.1) is 11.1 Å². The van der Waals surface area contributed by atoms with Crippen LogP contribution in [0.15, 0.2) is 54.7 Å². The second kappa shape index (κ2) is 11.1. The van der Waals surface area contributed by atoms with Crippen LogP contribution in [-0.4, -0.2) is 46.4 Å². The van der Waals surface area contributed by atoms with Crippen LogP contribution in [-0.2, 0) is 22.2 Å². The van der Waals surface area contributed by atoms with Crippen LogP contribution in [0.1, 0.15) is 49.3 Å². The smallest absolute Gasteiger partial charge is 0.361 e. The summed E-state index contributed by atoms with van der Waals surface area (Å²) in [7, 11) is 0. The maximum Gasteiger partial charge on any atom is 0.416 e. The summed E-state index contributed by atoms with van der Waals surface area (Å²) in [6, 6.07) is 12.2. The van der Waals surface area contributed by atoms with Crippen molar-refractivity contribution in [1.82, 2.24) is 15.2 Å². The number of rotatable bonds is 6. The fraction of sp³-hybridized carbons (Fsp3) is 0.407. The third kappa shape index (κ3) is 6.64. The average Bonchev–Trinajstić information content (AvgIpc) is 3.25. The van der Waals surface area contributed by atoms with E-state index >= 15 is 0 Å². The molecule has 3 aromatic rings. The molecule has 10 heteroatoms. The number of aromatic nitrogens is 1. The number of nitrogens with one attached hydrogen (secondary N) is 2. The number of hydrogen-bond acceptors (Lipinski definition) is 3. The summed E-state index contributed by atoms with van der Waals surface area (Å²) in [5, 5.41) is 3.83. The van der Waals surface area contributed by atoms with Gasteiger partial charge in [-0.05, 0) is 61.9 Å². The van der Waals surface area contributed by atoms with E-state index in [9.17, 15) is 22.8 Å². The lowest BCUT2D eigenvalue weighted by Crippen LogP contribution is -2.57. The average molecular weight is 537 g/mol. The normalized spacial score (nSPS) is 15.8. The van der Waals surface area contributed by atoms with Crippen LogP contribution in [0.2, 0.25) is 0 Å². The van der Waals surface area contributed by atoms with Crippen LogP contribution in [0, 0.1) is 0 Å². The number of hydrogen-bond donors (Lipinski definition) is 3. The van der Waals surface area contributed by atoms with Crippen molar-refractivity contribution in [2.24, 2.45) is 5.73 Å². The number of halogens is 4. The van der Waals surface area contributed by atoms with Crippen LogP contribution in [0.5, 0.6) is 0 Å². The number of carbonyl (C=O) groups is 2. The molecule has 0 saturated carbocycles. The van der Waals surface area contributed by atoms with Gasteiger partial charge < -0.3 is 20.9 Å². The summed E-state index contributed by atoms with van der Waals surface area (Å²) in [6.07, 6.45) is -0.942. The second-order valence-corrected chi connectivity index (χ2v) is 10.0. The van der Waals surface area contributed by atoms with E-state index in [1.807, 2.05) is 30.5 Å². The van der Waals surface area contributed by atoms with Crippen molar-refractivity contribution in [1.29, 1.82) is 0 Å². The number of fused-ring (bicyclic) bond motifs is 1. The molecule has 4 N–H and O–H groups in total. The number of H-pyrrole nitrogens is 1. The highest BCUT2D eigenvalue weighted by Crippen LogP contribution is 2.33. The molecule has 1 aliphatic rings. The Morgan fingerprint density at radius 3 is 2.30 bits per heavy atom. The zero-order valence-electron chi connectivity index (χ0n) is 20.8. The fourth-order valence-electron chi connectivity index (χ4n) is 4.66. The van der Waals surface area contributed by atoms with Crippen LogP contribution in [0.4, 0.5) is 13.2 Å². The van der Waals surface area contributed by atoms with Crippen LogP contribution >= 0.6 is 12.4 Å². The van der Waals surface area contributed by atoms with Crippen molar-refractivity contribution in [3.05, 3.63) is 71.4 Å². The number of nitrogens with two attached hydrogens (primary N) is 1. The lowest BCUT2D eigenvalue weighted by atomic mass is 9.88. The Morgan fingerprint density at radius 1 is 1.08 bits per heavy atom. The first kappa shape index (κ1) is 28.5. The molecule has 2 aromatic carbocycles. The number of carbonyl (C=O) groups excluding carboxylic acids is 2. The van der Waals surface area contributed by atoms with Gasteiger partial charge in [-0.1, -0.05) is 30.3 Å². The van der Waals surface area contributed by atoms with Gasteiger partial charge in [0.1, 0.15) is 6.04 Å². The molecule has 1 unspecified atom stereocenters. The van der Waals surface area contributed by atoms with Gasteiger partial charge >= 0.3 is 6.18 Å². The molecular weight excluding hydrogens is 505 g/mol. The van der Waals surface area contributed by atoms with Crippen molar-refractivity contribution in [2.75, 3.05) is 13.1 Å². The summed E-state index contributed by atoms with van der Waals surface area (Å²) < 4.78 is 38.6. The Morgan fingerprint density at radius 2 is 1.70 bits per heavy atom. The van der Waals surface area contributed by atoms with E-state index in [0.717, 1.165) is 34.2 Å². The highest BCUT2D eigenvalue weighted by Gasteiger charge is 2.34. The van der Waals surface area contributed by atoms with Crippen LogP contribution < -0.4 is 11.1 Å². The Balaban J connectivity index is 0.00000380. The molecule has 0 bridgehead atoms. The molecule has 6 nitrogen and oxygen atoms in total. The summed E-state index contributed by atoms with van der Waals surface area (Å²) >= 11 is 0. The van der Waals surface area contributed by atoms with Crippen molar-refractivity contribution in [3.63, 3.8) is 0 Å². The van der Waals surface area contributed by atoms with Crippen LogP contribution in [0.3, 0.4) is 0 Å². The Hall–Kier alpha value is -3.04. The largest absolute Gasteiger partial charge is 0.416 e. The summed E-state index contributed by atoms with van der Waals surface area (Å²) in [4.78, 5) is 31.2. The number of alkyl halides is 3. The standard InChI is InChI=1S/C27H31F3N4O2.ClH/c1-26(2,31)25(36)33-23(15-19-16-32-22-6-4-3-5-21(19)22)24(35)34-13-11-18(12-14-34)17-7-9-20(10-8-17)27(28,29)30;/h3-10,16,18,23,32H,11-15,31H2,1-2H3,(H,33,36);1H. The molecule has 0 radical (unpaired) electrons. The molecule has 2 heterocycles. The van der Waals surface area contributed by atoms with E-state index < -0.39 is 29.2 Å². The van der Waals surface area contributed by atoms with Gasteiger partial charge in [-0.25, -0.2) is 0 Å². The number of amides is 2. The van der Waals surface area contributed by atoms with Crippen molar-refractivity contribution in [2.45, 2.75) is 56.8 Å². The van der Waals surface area contributed by atoms with Crippen molar-refractivity contribution >= 4 is 35.1 Å². The summed E-state index contributed by atoms with van der Waals surface area (Å²) in [5.74, 6) is -0.537. The molecule has 1 aromatic heterocycles. The quantitative estimate of drug-likeness (QED) is 0.423. The Labute approximate surface area is 220 Å². The number of nitrogens with zero attached hydrogens (tertiary/aromatic N) is 1. The molecule has 0 aliphatic carbocycles. The predicted molar refractivity (Wildman–Crippen MR) is 139 cm³/mol. The van der Waals surface area contributed by atoms with Gasteiger partial charge in [0.2, 0.25) is 11.8 Å². The van der Waals surface area contributed by atoms with Gasteiger partial charge in [0.15, 0.2) is 0 Å². The van der Waals surface area contributed by atoms with E-state index in [2.05, 4.69) is 10.3 Å². The molecule has 2 amide bonds. The first-order valence-corrected chi connectivity index (χ1v) is 12.0. The molecule has 0 spiro atoms. The van der Waals surface area contributed by atoms with Gasteiger partial charge in [0.25, 0.3) is 0 Å². The van der Waals surface area contributed by atoms with Crippen molar-refractivity contribution < 1.29 is 22.8 Å². The van der Waals surface area contributed by atoms with Gasteiger partial charge in [-0.2, -0.15) is 13.2 Å². The number of para-hydroxylation sites is 1. The van der Waals surface area contributed by atoms with E-state index in [0.29, 0.717) is 32.4 Å². The molecular formula is C27H32ClF3N4O2. The first-order valence-electron chi connectivity index (χ1n) is 12.0. The highest BCUT2D eigenvalue weighted by atomic mass is 35.5. The number of benzene rings is 2. The topological polar surface area (TPSA) is 91.2 Å². The van der Waals surface area contributed by atoms with E-state index in [1.54, 1.807) is 18.7 Å². The van der Waals surface area contributed by atoms with Gasteiger partial charge in [-0.3, -0.25) is 9.59 Å². The Kier molecular flexibility index (Phi) is 8.59. The van der Waals surface area contributed by atoms with Gasteiger partial charge in [0, 0.05) is 36.6 Å². The fourth-order valence-corrected chi connectivity index (χ4v) is 4.66. The zero-order valence-corrected chi connectivity index (χ0v) is 21.6. The van der Waals surface area contributed by atoms with Crippen molar-refractivity contribution in [3.8, 4) is 0 Å². The summed E-state index contributed by atoms with van der Waals surface area (Å²) in [6.45, 7) is 4.09. The molecule has 1 fully saturated rings. The molecule has 1 atom stereocenters. The third-order valence-corrected chi connectivity index (χ3v) is 6.80. The lowest BCUT2D eigenvalue weighted by Gasteiger charge is -2.35. The number of piperidine rings is 1. The predicted octanol–water partition coefficient (Wildman–Crippen LogP) is 4.78. The minimum atomic E-state index is -4.36. The summed E-state index contributed by atoms with van der Waals surface area (Å²) in [5.41, 5.74) is 6.86. The molecule has 37 heavy (non-hydrogen) atoms. The monoisotopic (exact) mass is 536 g/mol. The van der Waals surface area contributed by atoms with E-state index in [1.165, 1.54) is 12.1 Å². The Bertz CT molecular complexity index is 1230. The molecule has 200 valence electrons. The lowest BCUT2D eigenvalue weighted by molar-refractivity contribution is -0.138. The first-order chi connectivity index (χ1) is 16.9. The molecule has 1 saturated heterocycles. The van der Waals surface area contributed by atoms with Gasteiger partial charge in [-0.15, -0.1) is 12.4 Å². The van der Waals surface area contributed by atoms with E-state index in [4.69, 9.17) is 5.73 Å². The maximum atomic E-state index is 13.6. The minimum absolute atomic E-state index is 0. The SMILES string of the molecule is CC(C)(N)C(=O)NC(Cc1c[nH]c2ccccc12)C(=O)N1CCC(c2ccc(C(F)(F)F)cc2)CC1.Cl. The molecule has 1 aliphatic heterocycles. The maximum absolute atomic E-state index is 13.6. The second-order valence-electron chi connectivity index (χ2n) is 10.0. The third-order valence-electron chi connectivity index (χ3n) is 6.80. The zero-order chi connectivity index (χ0) is 26.1. The minimum Gasteiger partial charge on any atom is -0.361 e. The van der Waals surface area contributed by atoms with Crippen LogP contribution in [0.25, 0.3) is 10.9 Å². The number of likely N-dealkylation sites (tertiary alicyclic amines) is 1. The highest BCUT2D eigenvalue weighted by molar-refractivity contribution is 5.92. The van der Waals surface area contributed by atoms with E-state index in [-0.39, 0.29) is 24.2 Å². The number of aromatic amines is 1. The molecule has 4 rings (SSSR count).